The van der Waals surface area contributed by atoms with Crippen LogP contribution < -0.4 is 4.90 Å². The molecule has 1 aromatic heterocycles. The summed E-state index contributed by atoms with van der Waals surface area (Å²) in [6.45, 7) is 6.25. The fraction of sp³-hybridized carbons (Fsp3) is 0.467. The Morgan fingerprint density at radius 3 is 2.25 bits per heavy atom. The van der Waals surface area contributed by atoms with Crippen LogP contribution in [0, 0.1) is 0 Å². The molecule has 0 N–H and O–H groups in total. The zero-order valence-corrected chi connectivity index (χ0v) is 15.9. The Morgan fingerprint density at radius 2 is 1.71 bits per heavy atom. The van der Waals surface area contributed by atoms with Crippen molar-refractivity contribution in [2.45, 2.75) is 24.7 Å². The number of anilines is 1. The van der Waals surface area contributed by atoms with Gasteiger partial charge >= 0.3 is 0 Å². The summed E-state index contributed by atoms with van der Waals surface area (Å²) in [5.74, 6) is 0.350. The van der Waals surface area contributed by atoms with E-state index < -0.39 is 10.0 Å². The summed E-state index contributed by atoms with van der Waals surface area (Å²) in [6.07, 6.45) is 0. The molecule has 0 amide bonds. The molecule has 1 aromatic carbocycles. The van der Waals surface area contributed by atoms with Gasteiger partial charge in [-0.3, -0.25) is 0 Å². The fourth-order valence-corrected chi connectivity index (χ4v) is 4.91. The van der Waals surface area contributed by atoms with Crippen molar-refractivity contribution in [2.75, 3.05) is 31.1 Å². The van der Waals surface area contributed by atoms with Gasteiger partial charge in [0.25, 0.3) is 0 Å². The molecule has 1 saturated heterocycles. The highest BCUT2D eigenvalue weighted by Gasteiger charge is 2.29. The van der Waals surface area contributed by atoms with Crippen LogP contribution >= 0.6 is 22.9 Å². The molecule has 2 heterocycles. The van der Waals surface area contributed by atoms with Gasteiger partial charge in [0, 0.05) is 37.1 Å². The first-order chi connectivity index (χ1) is 11.4. The van der Waals surface area contributed by atoms with Gasteiger partial charge in [-0.25, -0.2) is 8.42 Å². The van der Waals surface area contributed by atoms with Crippen molar-refractivity contribution in [3.05, 3.63) is 34.3 Å². The summed E-state index contributed by atoms with van der Waals surface area (Å²) in [7, 11) is -3.48. The summed E-state index contributed by atoms with van der Waals surface area (Å²) in [4.78, 5) is 2.37. The van der Waals surface area contributed by atoms with E-state index in [0.29, 0.717) is 37.1 Å². The van der Waals surface area contributed by atoms with E-state index in [1.54, 1.807) is 35.6 Å². The van der Waals surface area contributed by atoms with Gasteiger partial charge in [-0.1, -0.05) is 36.8 Å². The van der Waals surface area contributed by atoms with Gasteiger partial charge in [-0.2, -0.15) is 4.31 Å². The highest BCUT2D eigenvalue weighted by molar-refractivity contribution is 7.89. The van der Waals surface area contributed by atoms with E-state index in [0.717, 1.165) is 10.1 Å². The van der Waals surface area contributed by atoms with Gasteiger partial charge in [0.1, 0.15) is 5.01 Å². The summed E-state index contributed by atoms with van der Waals surface area (Å²) in [5.41, 5.74) is 0. The molecule has 0 atom stereocenters. The highest BCUT2D eigenvalue weighted by atomic mass is 35.5. The first kappa shape index (κ1) is 17.6. The number of benzene rings is 1. The molecule has 0 saturated carbocycles. The van der Waals surface area contributed by atoms with Crippen molar-refractivity contribution in [1.29, 1.82) is 0 Å². The van der Waals surface area contributed by atoms with E-state index in [4.69, 9.17) is 11.6 Å². The van der Waals surface area contributed by atoms with Crippen molar-refractivity contribution in [1.82, 2.24) is 14.5 Å². The molecular formula is C15H19ClN4O2S2. The van der Waals surface area contributed by atoms with E-state index >= 15 is 0 Å². The van der Waals surface area contributed by atoms with Crippen LogP contribution in [0.2, 0.25) is 5.02 Å². The third kappa shape index (κ3) is 3.56. The number of piperazine rings is 1. The topological polar surface area (TPSA) is 66.4 Å². The molecule has 0 spiro atoms. The second kappa shape index (κ2) is 6.95. The van der Waals surface area contributed by atoms with Gasteiger partial charge in [0.15, 0.2) is 0 Å². The van der Waals surface area contributed by atoms with Gasteiger partial charge in [0.05, 0.1) is 4.90 Å². The number of halogens is 1. The second-order valence-corrected chi connectivity index (χ2v) is 9.28. The van der Waals surface area contributed by atoms with Crippen molar-refractivity contribution in [2.24, 2.45) is 0 Å². The number of rotatable bonds is 4. The minimum Gasteiger partial charge on any atom is -0.344 e. The SMILES string of the molecule is CC(C)c1nnc(N2CCN(S(=O)(=O)c3ccc(Cl)cc3)CC2)s1. The lowest BCUT2D eigenvalue weighted by Crippen LogP contribution is -2.48. The zero-order valence-electron chi connectivity index (χ0n) is 13.5. The number of hydrogen-bond donors (Lipinski definition) is 0. The van der Waals surface area contributed by atoms with Gasteiger partial charge in [-0.15, -0.1) is 10.2 Å². The smallest absolute Gasteiger partial charge is 0.243 e. The molecule has 0 bridgehead atoms. The maximum atomic E-state index is 12.7. The van der Waals surface area contributed by atoms with E-state index in [1.165, 1.54) is 4.31 Å². The molecule has 6 nitrogen and oxygen atoms in total. The number of aromatic nitrogens is 2. The second-order valence-electron chi connectivity index (χ2n) is 5.92. The zero-order chi connectivity index (χ0) is 17.3. The van der Waals surface area contributed by atoms with Crippen LogP contribution in [-0.4, -0.2) is 49.1 Å². The van der Waals surface area contributed by atoms with Crippen LogP contribution in [0.1, 0.15) is 24.8 Å². The Hall–Kier alpha value is -1.22. The largest absolute Gasteiger partial charge is 0.344 e. The monoisotopic (exact) mass is 386 g/mol. The Bertz CT molecular complexity index is 797. The lowest BCUT2D eigenvalue weighted by atomic mass is 10.2. The summed E-state index contributed by atoms with van der Waals surface area (Å²) in [6, 6.07) is 6.28. The van der Waals surface area contributed by atoms with Gasteiger partial charge in [0.2, 0.25) is 15.2 Å². The predicted octanol–water partition coefficient (Wildman–Crippen LogP) is 2.83. The van der Waals surface area contributed by atoms with E-state index in [2.05, 4.69) is 28.9 Å². The predicted molar refractivity (Wildman–Crippen MR) is 96.4 cm³/mol. The maximum Gasteiger partial charge on any atom is 0.243 e. The molecule has 1 aliphatic heterocycles. The minimum absolute atomic E-state index is 0.276. The summed E-state index contributed by atoms with van der Waals surface area (Å²) >= 11 is 7.41. The molecule has 24 heavy (non-hydrogen) atoms. The standard InChI is InChI=1S/C15H19ClN4O2S2/c1-11(2)14-17-18-15(23-14)19-7-9-20(10-8-19)24(21,22)13-5-3-12(16)4-6-13/h3-6,11H,7-10H2,1-2H3. The molecule has 0 radical (unpaired) electrons. The minimum atomic E-state index is -3.48. The van der Waals surface area contributed by atoms with E-state index in [-0.39, 0.29) is 4.90 Å². The molecule has 0 aliphatic carbocycles. The van der Waals surface area contributed by atoms with Crippen LogP contribution in [0.4, 0.5) is 5.13 Å². The van der Waals surface area contributed by atoms with Crippen LogP contribution in [0.3, 0.4) is 0 Å². The van der Waals surface area contributed by atoms with E-state index in [1.807, 2.05) is 0 Å². The molecule has 9 heteroatoms. The van der Waals surface area contributed by atoms with Crippen LogP contribution in [0.15, 0.2) is 29.2 Å². The fourth-order valence-electron chi connectivity index (χ4n) is 2.46. The Balaban J connectivity index is 1.68. The molecule has 1 fully saturated rings. The molecule has 2 aromatic rings. The van der Waals surface area contributed by atoms with Gasteiger partial charge in [-0.05, 0) is 24.3 Å². The molecule has 1 aliphatic rings. The van der Waals surface area contributed by atoms with Crippen LogP contribution in [0.25, 0.3) is 0 Å². The van der Waals surface area contributed by atoms with Crippen molar-refractivity contribution in [3.63, 3.8) is 0 Å². The Labute approximate surface area is 151 Å². The highest BCUT2D eigenvalue weighted by Crippen LogP contribution is 2.27. The average Bonchev–Trinajstić information content (AvgIpc) is 3.06. The molecule has 3 rings (SSSR count). The van der Waals surface area contributed by atoms with E-state index in [9.17, 15) is 8.42 Å². The van der Waals surface area contributed by atoms with Crippen molar-refractivity contribution in [3.8, 4) is 0 Å². The number of hydrogen-bond acceptors (Lipinski definition) is 6. The number of nitrogens with zero attached hydrogens (tertiary/aromatic N) is 4. The van der Waals surface area contributed by atoms with Gasteiger partial charge < -0.3 is 4.90 Å². The van der Waals surface area contributed by atoms with Crippen molar-refractivity contribution >= 4 is 38.1 Å². The third-order valence-electron chi connectivity index (χ3n) is 3.88. The molecule has 0 unspecified atom stereocenters. The summed E-state index contributed by atoms with van der Waals surface area (Å²) in [5, 5.41) is 10.8. The average molecular weight is 387 g/mol. The lowest BCUT2D eigenvalue weighted by molar-refractivity contribution is 0.384. The quantitative estimate of drug-likeness (QED) is 0.808. The Morgan fingerprint density at radius 1 is 1.08 bits per heavy atom. The third-order valence-corrected chi connectivity index (χ3v) is 7.33. The molecular weight excluding hydrogens is 368 g/mol. The lowest BCUT2D eigenvalue weighted by Gasteiger charge is -2.33. The van der Waals surface area contributed by atoms with Crippen molar-refractivity contribution < 1.29 is 8.42 Å². The summed E-state index contributed by atoms with van der Waals surface area (Å²) < 4.78 is 26.9. The first-order valence-electron chi connectivity index (χ1n) is 7.72. The molecule has 130 valence electrons. The van der Waals surface area contributed by atoms with Crippen LogP contribution in [-0.2, 0) is 10.0 Å². The first-order valence-corrected chi connectivity index (χ1v) is 10.4. The number of sulfonamides is 1. The normalized spacial score (nSPS) is 16.8. The van der Waals surface area contributed by atoms with Crippen LogP contribution in [0.5, 0.6) is 0 Å². The Kier molecular flexibility index (Phi) is 5.10. The maximum absolute atomic E-state index is 12.7.